The third kappa shape index (κ3) is 4.56. The van der Waals surface area contributed by atoms with Crippen molar-refractivity contribution < 1.29 is 9.59 Å². The summed E-state index contributed by atoms with van der Waals surface area (Å²) in [4.78, 5) is 27.7. The summed E-state index contributed by atoms with van der Waals surface area (Å²) in [6.07, 6.45) is 2.43. The van der Waals surface area contributed by atoms with Crippen molar-refractivity contribution in [3.05, 3.63) is 29.8 Å². The summed E-state index contributed by atoms with van der Waals surface area (Å²) in [7, 11) is 0. The van der Waals surface area contributed by atoms with Gasteiger partial charge < -0.3 is 9.80 Å². The normalized spacial score (nSPS) is 15.1. The third-order valence-corrected chi connectivity index (χ3v) is 4.37. The third-order valence-electron chi connectivity index (χ3n) is 4.37. The van der Waals surface area contributed by atoms with E-state index in [-0.39, 0.29) is 11.8 Å². The number of hydrogen-bond acceptors (Lipinski definition) is 3. The van der Waals surface area contributed by atoms with E-state index in [1.54, 1.807) is 29.2 Å². The van der Waals surface area contributed by atoms with Crippen molar-refractivity contribution >= 4 is 17.5 Å². The lowest BCUT2D eigenvalue weighted by Gasteiger charge is -2.31. The van der Waals surface area contributed by atoms with Gasteiger partial charge in [0.25, 0.3) is 0 Å². The first-order chi connectivity index (χ1) is 11.0. The Morgan fingerprint density at radius 1 is 1.26 bits per heavy atom. The first-order valence-electron chi connectivity index (χ1n) is 8.07. The Hall–Kier alpha value is -2.35. The molecule has 23 heavy (non-hydrogen) atoms. The van der Waals surface area contributed by atoms with Crippen molar-refractivity contribution in [3.63, 3.8) is 0 Å². The number of carbonyl (C=O) groups excluding carboxylic acids is 2. The molecule has 1 aromatic carbocycles. The second-order valence-electron chi connectivity index (χ2n) is 6.14. The van der Waals surface area contributed by atoms with Crippen LogP contribution in [0.15, 0.2) is 24.3 Å². The summed E-state index contributed by atoms with van der Waals surface area (Å²) in [5.41, 5.74) is 1.27. The predicted octanol–water partition coefficient (Wildman–Crippen LogP) is 2.56. The monoisotopic (exact) mass is 313 g/mol. The van der Waals surface area contributed by atoms with E-state index in [4.69, 9.17) is 5.26 Å². The summed E-state index contributed by atoms with van der Waals surface area (Å²) in [6, 6.07) is 8.90. The molecule has 2 amide bonds. The molecule has 1 saturated heterocycles. The number of hydrogen-bond donors (Lipinski definition) is 0. The van der Waals surface area contributed by atoms with Crippen molar-refractivity contribution in [3.8, 4) is 6.07 Å². The van der Waals surface area contributed by atoms with Gasteiger partial charge >= 0.3 is 0 Å². The first kappa shape index (κ1) is 17.0. The van der Waals surface area contributed by atoms with E-state index in [2.05, 4.69) is 13.0 Å². The number of piperidine rings is 1. The molecule has 0 N–H and O–H groups in total. The van der Waals surface area contributed by atoms with Crippen LogP contribution in [0.2, 0.25) is 0 Å². The average Bonchev–Trinajstić information content (AvgIpc) is 2.55. The molecule has 0 spiro atoms. The average molecular weight is 313 g/mol. The van der Waals surface area contributed by atoms with Crippen LogP contribution in [-0.4, -0.2) is 36.3 Å². The Kier molecular flexibility index (Phi) is 5.75. The molecular weight excluding hydrogens is 290 g/mol. The van der Waals surface area contributed by atoms with Crippen molar-refractivity contribution in [2.45, 2.75) is 33.1 Å². The highest BCUT2D eigenvalue weighted by Crippen LogP contribution is 2.18. The molecule has 5 nitrogen and oxygen atoms in total. The lowest BCUT2D eigenvalue weighted by molar-refractivity contribution is -0.132. The van der Waals surface area contributed by atoms with Crippen molar-refractivity contribution in [1.29, 1.82) is 5.26 Å². The Morgan fingerprint density at radius 3 is 2.39 bits per heavy atom. The van der Waals surface area contributed by atoms with Crippen LogP contribution in [0.4, 0.5) is 5.69 Å². The minimum absolute atomic E-state index is 0.102. The highest BCUT2D eigenvalue weighted by molar-refractivity contribution is 5.92. The van der Waals surface area contributed by atoms with Crippen molar-refractivity contribution in [1.82, 2.24) is 4.90 Å². The number of benzene rings is 1. The van der Waals surface area contributed by atoms with Crippen LogP contribution in [0, 0.1) is 17.2 Å². The number of nitriles is 1. The van der Waals surface area contributed by atoms with Gasteiger partial charge in [0, 0.05) is 38.7 Å². The molecule has 1 aliphatic heterocycles. The second-order valence-corrected chi connectivity index (χ2v) is 6.14. The van der Waals surface area contributed by atoms with Gasteiger partial charge in [-0.1, -0.05) is 6.92 Å². The molecule has 122 valence electrons. The fourth-order valence-electron chi connectivity index (χ4n) is 2.81. The van der Waals surface area contributed by atoms with Gasteiger partial charge in [-0.25, -0.2) is 0 Å². The van der Waals surface area contributed by atoms with E-state index < -0.39 is 0 Å². The molecule has 5 heteroatoms. The summed E-state index contributed by atoms with van der Waals surface area (Å²) >= 11 is 0. The van der Waals surface area contributed by atoms with Crippen molar-refractivity contribution in [2.75, 3.05) is 24.5 Å². The van der Waals surface area contributed by atoms with Crippen LogP contribution in [-0.2, 0) is 9.59 Å². The number of amides is 2. The number of anilines is 1. The fourth-order valence-corrected chi connectivity index (χ4v) is 2.81. The maximum Gasteiger partial charge on any atom is 0.224 e. The highest BCUT2D eigenvalue weighted by Gasteiger charge is 2.21. The minimum Gasteiger partial charge on any atom is -0.343 e. The first-order valence-corrected chi connectivity index (χ1v) is 8.07. The Labute approximate surface area is 137 Å². The van der Waals surface area contributed by atoms with Crippen LogP contribution in [0.1, 0.15) is 38.7 Å². The number of rotatable bonds is 4. The number of likely N-dealkylation sites (tertiary alicyclic amines) is 1. The lowest BCUT2D eigenvalue weighted by Crippen LogP contribution is -2.40. The van der Waals surface area contributed by atoms with Crippen LogP contribution in [0.25, 0.3) is 0 Å². The van der Waals surface area contributed by atoms with E-state index in [1.807, 2.05) is 4.90 Å². The number of nitrogens with zero attached hydrogens (tertiary/aromatic N) is 3. The maximum atomic E-state index is 12.3. The Balaban J connectivity index is 1.95. The zero-order valence-corrected chi connectivity index (χ0v) is 13.8. The van der Waals surface area contributed by atoms with Gasteiger partial charge in [-0.2, -0.15) is 5.26 Å². The molecule has 1 aromatic rings. The van der Waals surface area contributed by atoms with Crippen LogP contribution in [0.3, 0.4) is 0 Å². The summed E-state index contributed by atoms with van der Waals surface area (Å²) in [5.74, 6) is 0.693. The largest absolute Gasteiger partial charge is 0.343 e. The van der Waals surface area contributed by atoms with E-state index in [9.17, 15) is 9.59 Å². The minimum atomic E-state index is -0.102. The molecule has 1 heterocycles. The summed E-state index contributed by atoms with van der Waals surface area (Å²) in [5, 5.41) is 8.83. The highest BCUT2D eigenvalue weighted by atomic mass is 16.2. The summed E-state index contributed by atoms with van der Waals surface area (Å²) in [6.45, 7) is 5.70. The van der Waals surface area contributed by atoms with Crippen LogP contribution in [0.5, 0.6) is 0 Å². The Bertz CT molecular complexity index is 596. The van der Waals surface area contributed by atoms with Gasteiger partial charge in [-0.15, -0.1) is 0 Å². The van der Waals surface area contributed by atoms with Crippen LogP contribution >= 0.6 is 0 Å². The zero-order chi connectivity index (χ0) is 16.8. The molecule has 2 rings (SSSR count). The summed E-state index contributed by atoms with van der Waals surface area (Å²) < 4.78 is 0. The topological polar surface area (TPSA) is 64.4 Å². The molecule has 0 atom stereocenters. The van der Waals surface area contributed by atoms with Crippen LogP contribution < -0.4 is 4.90 Å². The van der Waals surface area contributed by atoms with Crippen molar-refractivity contribution in [2.24, 2.45) is 5.92 Å². The zero-order valence-electron chi connectivity index (χ0n) is 13.8. The van der Waals surface area contributed by atoms with E-state index in [1.165, 1.54) is 6.92 Å². The molecule has 1 aliphatic rings. The van der Waals surface area contributed by atoms with Gasteiger partial charge in [0.05, 0.1) is 11.6 Å². The fraction of sp³-hybridized carbons (Fsp3) is 0.500. The molecule has 1 fully saturated rings. The maximum absolute atomic E-state index is 12.3. The standard InChI is InChI=1S/C18H23N3O2/c1-14-7-10-20(11-8-14)18(23)9-12-21(15(2)22)17-5-3-16(13-19)4-6-17/h3-6,14H,7-12H2,1-2H3. The molecular formula is C18H23N3O2. The quantitative estimate of drug-likeness (QED) is 0.858. The van der Waals surface area contributed by atoms with E-state index in [0.29, 0.717) is 24.4 Å². The smallest absolute Gasteiger partial charge is 0.224 e. The van der Waals surface area contributed by atoms with E-state index in [0.717, 1.165) is 31.6 Å². The van der Waals surface area contributed by atoms with Gasteiger partial charge in [0.2, 0.25) is 11.8 Å². The SMILES string of the molecule is CC(=O)N(CCC(=O)N1CCC(C)CC1)c1ccc(C#N)cc1. The second kappa shape index (κ2) is 7.77. The van der Waals surface area contributed by atoms with Gasteiger partial charge in [-0.3, -0.25) is 9.59 Å². The predicted molar refractivity (Wildman–Crippen MR) is 88.8 cm³/mol. The van der Waals surface area contributed by atoms with Gasteiger partial charge in [0.1, 0.15) is 0 Å². The van der Waals surface area contributed by atoms with Gasteiger partial charge in [0.15, 0.2) is 0 Å². The molecule has 0 bridgehead atoms. The molecule has 0 aliphatic carbocycles. The molecule has 0 unspecified atom stereocenters. The molecule has 0 aromatic heterocycles. The van der Waals surface area contributed by atoms with E-state index >= 15 is 0 Å². The van der Waals surface area contributed by atoms with Gasteiger partial charge in [-0.05, 0) is 43.0 Å². The molecule has 0 radical (unpaired) electrons. The Morgan fingerprint density at radius 2 is 1.87 bits per heavy atom. The number of carbonyl (C=O) groups is 2. The molecule has 0 saturated carbocycles. The lowest BCUT2D eigenvalue weighted by atomic mass is 9.99.